The van der Waals surface area contributed by atoms with Gasteiger partial charge >= 0.3 is 0 Å². The summed E-state index contributed by atoms with van der Waals surface area (Å²) >= 11 is 0. The maximum atomic E-state index is 8.78. The molecule has 0 bridgehead atoms. The highest BCUT2D eigenvalue weighted by Crippen LogP contribution is 2.09. The summed E-state index contributed by atoms with van der Waals surface area (Å²) in [6.45, 7) is 5.15. The van der Waals surface area contributed by atoms with Crippen molar-refractivity contribution in [2.45, 2.75) is 26.3 Å². The Balaban J connectivity index is 2.47. The molecule has 0 saturated heterocycles. The zero-order chi connectivity index (χ0) is 12.5. The molecular formula is C13H23N3O. The van der Waals surface area contributed by atoms with Crippen LogP contribution in [0.3, 0.4) is 0 Å². The Hall–Kier alpha value is -1.13. The number of hydrogen-bond acceptors (Lipinski definition) is 4. The van der Waals surface area contributed by atoms with Gasteiger partial charge in [0.2, 0.25) is 0 Å². The monoisotopic (exact) mass is 237 g/mol. The van der Waals surface area contributed by atoms with Crippen molar-refractivity contribution < 1.29 is 5.11 Å². The van der Waals surface area contributed by atoms with Crippen LogP contribution in [0.15, 0.2) is 18.3 Å². The van der Waals surface area contributed by atoms with Crippen molar-refractivity contribution in [2.75, 3.05) is 32.1 Å². The van der Waals surface area contributed by atoms with Crippen LogP contribution in [-0.2, 0) is 6.54 Å². The van der Waals surface area contributed by atoms with Crippen molar-refractivity contribution in [1.29, 1.82) is 0 Å². The number of anilines is 1. The first-order chi connectivity index (χ1) is 8.26. The van der Waals surface area contributed by atoms with E-state index in [2.05, 4.69) is 35.2 Å². The molecule has 1 aromatic rings. The number of hydrogen-bond donors (Lipinski definition) is 2. The van der Waals surface area contributed by atoms with Crippen molar-refractivity contribution in [3.63, 3.8) is 0 Å². The number of aliphatic hydroxyl groups is 1. The van der Waals surface area contributed by atoms with Crippen LogP contribution in [-0.4, -0.2) is 41.7 Å². The first kappa shape index (κ1) is 13.9. The first-order valence-electron chi connectivity index (χ1n) is 6.24. The molecule has 0 unspecified atom stereocenters. The summed E-state index contributed by atoms with van der Waals surface area (Å²) in [5.41, 5.74) is 1.25. The Morgan fingerprint density at radius 2 is 2.29 bits per heavy atom. The molecule has 0 aliphatic heterocycles. The Bertz CT molecular complexity index is 317. The third kappa shape index (κ3) is 5.65. The van der Waals surface area contributed by atoms with E-state index in [0.717, 1.165) is 38.3 Å². The SMILES string of the molecule is CCCNc1cc(CN(C)CCCO)ccn1. The van der Waals surface area contributed by atoms with Crippen LogP contribution in [0, 0.1) is 0 Å². The number of nitrogens with zero attached hydrogens (tertiary/aromatic N) is 2. The highest BCUT2D eigenvalue weighted by molar-refractivity contribution is 5.37. The van der Waals surface area contributed by atoms with Gasteiger partial charge in [-0.3, -0.25) is 0 Å². The number of aromatic nitrogens is 1. The fraction of sp³-hybridized carbons (Fsp3) is 0.615. The number of aliphatic hydroxyl groups excluding tert-OH is 1. The van der Waals surface area contributed by atoms with Crippen molar-refractivity contribution >= 4 is 5.82 Å². The normalized spacial score (nSPS) is 10.8. The molecule has 4 heteroatoms. The van der Waals surface area contributed by atoms with E-state index < -0.39 is 0 Å². The largest absolute Gasteiger partial charge is 0.396 e. The third-order valence-electron chi connectivity index (χ3n) is 2.53. The number of nitrogens with one attached hydrogen (secondary N) is 1. The summed E-state index contributed by atoms with van der Waals surface area (Å²) in [6.07, 6.45) is 3.76. The Kier molecular flexibility index (Phi) is 6.58. The number of rotatable bonds is 8. The fourth-order valence-corrected chi connectivity index (χ4v) is 1.65. The van der Waals surface area contributed by atoms with Crippen LogP contribution < -0.4 is 5.32 Å². The zero-order valence-corrected chi connectivity index (χ0v) is 10.8. The second-order valence-corrected chi connectivity index (χ2v) is 4.29. The summed E-state index contributed by atoms with van der Waals surface area (Å²) < 4.78 is 0. The minimum absolute atomic E-state index is 0.254. The predicted octanol–water partition coefficient (Wildman–Crippen LogP) is 1.72. The van der Waals surface area contributed by atoms with Crippen molar-refractivity contribution in [2.24, 2.45) is 0 Å². The van der Waals surface area contributed by atoms with E-state index in [-0.39, 0.29) is 6.61 Å². The van der Waals surface area contributed by atoms with Gasteiger partial charge in [0.25, 0.3) is 0 Å². The van der Waals surface area contributed by atoms with Crippen molar-refractivity contribution in [3.8, 4) is 0 Å². The first-order valence-corrected chi connectivity index (χ1v) is 6.24. The lowest BCUT2D eigenvalue weighted by Gasteiger charge is -2.16. The highest BCUT2D eigenvalue weighted by atomic mass is 16.3. The predicted molar refractivity (Wildman–Crippen MR) is 71.1 cm³/mol. The molecule has 0 atom stereocenters. The Morgan fingerprint density at radius 3 is 3.00 bits per heavy atom. The van der Waals surface area contributed by atoms with Gasteiger partial charge in [0, 0.05) is 32.4 Å². The highest BCUT2D eigenvalue weighted by Gasteiger charge is 2.01. The molecule has 4 nitrogen and oxygen atoms in total. The van der Waals surface area contributed by atoms with E-state index >= 15 is 0 Å². The molecule has 0 saturated carbocycles. The van der Waals surface area contributed by atoms with E-state index in [0.29, 0.717) is 0 Å². The minimum Gasteiger partial charge on any atom is -0.396 e. The molecule has 0 spiro atoms. The van der Waals surface area contributed by atoms with Crippen LogP contribution in [0.2, 0.25) is 0 Å². The molecule has 1 rings (SSSR count). The molecule has 0 aromatic carbocycles. The van der Waals surface area contributed by atoms with Crippen molar-refractivity contribution in [1.82, 2.24) is 9.88 Å². The molecule has 96 valence electrons. The maximum Gasteiger partial charge on any atom is 0.126 e. The third-order valence-corrected chi connectivity index (χ3v) is 2.53. The second kappa shape index (κ2) is 8.03. The van der Waals surface area contributed by atoms with Crippen LogP contribution in [0.4, 0.5) is 5.82 Å². The van der Waals surface area contributed by atoms with E-state index in [4.69, 9.17) is 5.11 Å². The van der Waals surface area contributed by atoms with Gasteiger partial charge in [-0.15, -0.1) is 0 Å². The van der Waals surface area contributed by atoms with Gasteiger partial charge in [0.05, 0.1) is 0 Å². The van der Waals surface area contributed by atoms with Gasteiger partial charge in [-0.2, -0.15) is 0 Å². The molecule has 0 radical (unpaired) electrons. The lowest BCUT2D eigenvalue weighted by Crippen LogP contribution is -2.20. The van der Waals surface area contributed by atoms with Crippen LogP contribution >= 0.6 is 0 Å². The molecule has 2 N–H and O–H groups in total. The molecule has 17 heavy (non-hydrogen) atoms. The molecular weight excluding hydrogens is 214 g/mol. The van der Waals surface area contributed by atoms with Crippen LogP contribution in [0.1, 0.15) is 25.3 Å². The van der Waals surface area contributed by atoms with Crippen LogP contribution in [0.5, 0.6) is 0 Å². The van der Waals surface area contributed by atoms with E-state index in [1.807, 2.05) is 12.3 Å². The fourth-order valence-electron chi connectivity index (χ4n) is 1.65. The average molecular weight is 237 g/mol. The lowest BCUT2D eigenvalue weighted by atomic mass is 10.2. The Morgan fingerprint density at radius 1 is 1.47 bits per heavy atom. The standard InChI is InChI=1S/C13H23N3O/c1-3-6-14-13-10-12(5-7-15-13)11-16(2)8-4-9-17/h5,7,10,17H,3-4,6,8-9,11H2,1-2H3,(H,14,15). The van der Waals surface area contributed by atoms with Gasteiger partial charge in [0.1, 0.15) is 5.82 Å². The summed E-state index contributed by atoms with van der Waals surface area (Å²) in [6, 6.07) is 4.12. The van der Waals surface area contributed by atoms with E-state index in [1.54, 1.807) is 0 Å². The smallest absolute Gasteiger partial charge is 0.126 e. The minimum atomic E-state index is 0.254. The van der Waals surface area contributed by atoms with Gasteiger partial charge in [-0.1, -0.05) is 6.92 Å². The summed E-state index contributed by atoms with van der Waals surface area (Å²) in [5, 5.41) is 12.1. The van der Waals surface area contributed by atoms with Gasteiger partial charge < -0.3 is 15.3 Å². The van der Waals surface area contributed by atoms with Gasteiger partial charge in [-0.05, 0) is 37.6 Å². The molecule has 1 heterocycles. The zero-order valence-electron chi connectivity index (χ0n) is 10.8. The summed E-state index contributed by atoms with van der Waals surface area (Å²) in [5.74, 6) is 0.944. The van der Waals surface area contributed by atoms with Crippen LogP contribution in [0.25, 0.3) is 0 Å². The van der Waals surface area contributed by atoms with E-state index in [1.165, 1.54) is 5.56 Å². The topological polar surface area (TPSA) is 48.4 Å². The summed E-state index contributed by atoms with van der Waals surface area (Å²) in [7, 11) is 2.06. The maximum absolute atomic E-state index is 8.78. The van der Waals surface area contributed by atoms with E-state index in [9.17, 15) is 0 Å². The molecule has 0 aliphatic carbocycles. The van der Waals surface area contributed by atoms with Gasteiger partial charge in [0.15, 0.2) is 0 Å². The molecule has 0 aliphatic rings. The molecule has 1 aromatic heterocycles. The van der Waals surface area contributed by atoms with Crippen molar-refractivity contribution in [3.05, 3.63) is 23.9 Å². The average Bonchev–Trinajstić information content (AvgIpc) is 2.34. The Labute approximate surface area is 104 Å². The summed E-state index contributed by atoms with van der Waals surface area (Å²) in [4.78, 5) is 6.48. The quantitative estimate of drug-likeness (QED) is 0.723. The number of pyridine rings is 1. The second-order valence-electron chi connectivity index (χ2n) is 4.29. The molecule has 0 amide bonds. The lowest BCUT2D eigenvalue weighted by molar-refractivity contribution is 0.244. The van der Waals surface area contributed by atoms with Gasteiger partial charge in [-0.25, -0.2) is 4.98 Å². The molecule has 0 fully saturated rings.